The Labute approximate surface area is 263 Å². The summed E-state index contributed by atoms with van der Waals surface area (Å²) < 4.78 is 5.72. The number of carbonyl (C=O) groups excluding carboxylic acids is 2. The molecule has 0 saturated heterocycles. The van der Waals surface area contributed by atoms with Crippen LogP contribution in [0.1, 0.15) is 72.1 Å². The lowest BCUT2D eigenvalue weighted by atomic mass is 10.1. The standard InChI is InChI=1S/C14H13NO.C8H4N2.2C2H3ClO.3C2H6.CH5N/c1-2-7-13(8-3-1)15-10-12-6-4-5-9-14(12)16-11-15;9-5-7-3-1-2-4-8(7)6-10;2*1-2(3)4;4*1-2/h1-9H,10-11H2;1-4H;2*1H3;3*1-2H3;2H2,1H3. The molecule has 0 spiro atoms. The van der Waals surface area contributed by atoms with Gasteiger partial charge in [0.1, 0.15) is 17.9 Å². The minimum atomic E-state index is -0.361. The van der Waals surface area contributed by atoms with Gasteiger partial charge in [-0.25, -0.2) is 0 Å². The lowest BCUT2D eigenvalue weighted by Crippen LogP contribution is -2.31. The predicted molar refractivity (Wildman–Crippen MR) is 178 cm³/mol. The van der Waals surface area contributed by atoms with E-state index in [1.807, 2.05) is 71.9 Å². The molecule has 0 aliphatic carbocycles. The number of nitrogens with two attached hydrogens (primary N) is 1. The van der Waals surface area contributed by atoms with E-state index in [4.69, 9.17) is 15.3 Å². The normalized spacial score (nSPS) is 9.05. The van der Waals surface area contributed by atoms with Crippen LogP contribution in [0.5, 0.6) is 5.75 Å². The molecule has 0 unspecified atom stereocenters. The monoisotopic (exact) mass is 616 g/mol. The highest BCUT2D eigenvalue weighted by molar-refractivity contribution is 6.63. The summed E-state index contributed by atoms with van der Waals surface area (Å²) in [5.41, 5.74) is 7.82. The van der Waals surface area contributed by atoms with Crippen LogP contribution >= 0.6 is 23.2 Å². The number of nitrogens with zero attached hydrogens (tertiary/aromatic N) is 3. The number of hydrogen-bond acceptors (Lipinski definition) is 7. The minimum Gasteiger partial charge on any atom is -0.473 e. The van der Waals surface area contributed by atoms with E-state index < -0.39 is 0 Å². The Morgan fingerprint density at radius 2 is 1.07 bits per heavy atom. The van der Waals surface area contributed by atoms with Crippen LogP contribution < -0.4 is 15.4 Å². The van der Waals surface area contributed by atoms with Crippen molar-refractivity contribution in [3.8, 4) is 17.9 Å². The fourth-order valence-electron chi connectivity index (χ4n) is 2.66. The van der Waals surface area contributed by atoms with Crippen molar-refractivity contribution in [2.45, 2.75) is 61.9 Å². The first-order valence-electron chi connectivity index (χ1n) is 13.6. The third-order valence-corrected chi connectivity index (χ3v) is 4.00. The molecule has 0 fully saturated rings. The molecular weight excluding hydrogens is 571 g/mol. The Morgan fingerprint density at radius 3 is 1.48 bits per heavy atom. The zero-order chi connectivity index (χ0) is 33.3. The van der Waals surface area contributed by atoms with Crippen LogP contribution in [0, 0.1) is 22.7 Å². The van der Waals surface area contributed by atoms with Crippen molar-refractivity contribution in [2.24, 2.45) is 5.73 Å². The summed E-state index contributed by atoms with van der Waals surface area (Å²) in [4.78, 5) is 20.6. The minimum absolute atomic E-state index is 0.361. The van der Waals surface area contributed by atoms with Gasteiger partial charge in [-0.2, -0.15) is 10.5 Å². The van der Waals surface area contributed by atoms with E-state index in [-0.39, 0.29) is 10.5 Å². The molecule has 0 saturated carbocycles. The highest BCUT2D eigenvalue weighted by Gasteiger charge is 2.16. The van der Waals surface area contributed by atoms with Crippen molar-refractivity contribution in [1.29, 1.82) is 10.5 Å². The molecule has 42 heavy (non-hydrogen) atoms. The van der Waals surface area contributed by atoms with Gasteiger partial charge in [0.05, 0.1) is 11.1 Å². The summed E-state index contributed by atoms with van der Waals surface area (Å²) in [5.74, 6) is 1.01. The van der Waals surface area contributed by atoms with E-state index in [1.165, 1.54) is 32.1 Å². The predicted octanol–water partition coefficient (Wildman–Crippen LogP) is 8.67. The Bertz CT molecular complexity index is 1110. The fourth-order valence-corrected chi connectivity index (χ4v) is 2.66. The van der Waals surface area contributed by atoms with Crippen LogP contribution in [-0.2, 0) is 16.1 Å². The molecule has 1 aliphatic rings. The van der Waals surface area contributed by atoms with Crippen molar-refractivity contribution in [1.82, 2.24) is 0 Å². The number of nitriles is 2. The summed E-state index contributed by atoms with van der Waals surface area (Å²) >= 11 is 9.27. The average Bonchev–Trinajstić information content (AvgIpc) is 3.05. The molecule has 3 aromatic rings. The van der Waals surface area contributed by atoms with Crippen LogP contribution in [0.4, 0.5) is 5.69 Å². The van der Waals surface area contributed by atoms with Gasteiger partial charge in [-0.15, -0.1) is 0 Å². The van der Waals surface area contributed by atoms with Crippen LogP contribution in [-0.4, -0.2) is 24.3 Å². The Kier molecular flexibility index (Phi) is 35.8. The third kappa shape index (κ3) is 24.0. The SMILES string of the molecule is CC.CC.CC.CC(=O)Cl.CC(=O)Cl.CN.N#Cc1ccccc1C#N.c1ccc(N2COc3ccccc3C2)cc1. The van der Waals surface area contributed by atoms with Gasteiger partial charge in [-0.1, -0.05) is 90.1 Å². The third-order valence-electron chi connectivity index (χ3n) is 4.00. The van der Waals surface area contributed by atoms with Crippen LogP contribution in [0.15, 0.2) is 78.9 Å². The largest absolute Gasteiger partial charge is 0.473 e. The van der Waals surface area contributed by atoms with Crippen molar-refractivity contribution in [2.75, 3.05) is 18.7 Å². The molecule has 1 aliphatic heterocycles. The summed E-state index contributed by atoms with van der Waals surface area (Å²) in [7, 11) is 1.50. The summed E-state index contributed by atoms with van der Waals surface area (Å²) in [6.07, 6.45) is 0. The van der Waals surface area contributed by atoms with E-state index in [0.29, 0.717) is 17.9 Å². The second-order valence-corrected chi connectivity index (χ2v) is 7.69. The summed E-state index contributed by atoms with van der Waals surface area (Å²) in [6, 6.07) is 29.1. The first-order valence-corrected chi connectivity index (χ1v) is 14.3. The topological polar surface area (TPSA) is 120 Å². The smallest absolute Gasteiger partial charge is 0.218 e. The number of hydrogen-bond donors (Lipinski definition) is 1. The van der Waals surface area contributed by atoms with Gasteiger partial charge < -0.3 is 15.4 Å². The second-order valence-electron chi connectivity index (χ2n) is 6.62. The number of rotatable bonds is 1. The first-order chi connectivity index (χ1) is 20.3. The second kappa shape index (κ2) is 33.3. The van der Waals surface area contributed by atoms with Crippen molar-refractivity contribution in [3.05, 3.63) is 95.6 Å². The van der Waals surface area contributed by atoms with Crippen LogP contribution in [0.2, 0.25) is 0 Å². The van der Waals surface area contributed by atoms with Gasteiger partial charge in [-0.05, 0) is 60.6 Å². The number of anilines is 1. The Balaban J connectivity index is -0.000000240. The molecule has 9 heteroatoms. The zero-order valence-corrected chi connectivity index (χ0v) is 27.8. The maximum Gasteiger partial charge on any atom is 0.218 e. The van der Waals surface area contributed by atoms with E-state index in [2.05, 4.69) is 70.2 Å². The number of fused-ring (bicyclic) bond motifs is 1. The maximum atomic E-state index is 9.21. The van der Waals surface area contributed by atoms with E-state index in [0.717, 1.165) is 12.3 Å². The molecule has 230 valence electrons. The van der Waals surface area contributed by atoms with Gasteiger partial charge in [0.25, 0.3) is 0 Å². The molecular formula is C33H46Cl2N4O3. The van der Waals surface area contributed by atoms with E-state index in [1.54, 1.807) is 24.3 Å². The quantitative estimate of drug-likeness (QED) is 0.271. The fraction of sp³-hybridized carbons (Fsp3) is 0.333. The highest BCUT2D eigenvalue weighted by Crippen LogP contribution is 2.27. The zero-order valence-electron chi connectivity index (χ0n) is 26.3. The molecule has 1 heterocycles. The van der Waals surface area contributed by atoms with Crippen molar-refractivity contribution >= 4 is 39.4 Å². The van der Waals surface area contributed by atoms with Crippen LogP contribution in [0.3, 0.4) is 0 Å². The van der Waals surface area contributed by atoms with Gasteiger partial charge >= 0.3 is 0 Å². The lowest BCUT2D eigenvalue weighted by molar-refractivity contribution is -0.110. The van der Waals surface area contributed by atoms with Gasteiger partial charge in [0.2, 0.25) is 10.5 Å². The molecule has 0 aromatic heterocycles. The van der Waals surface area contributed by atoms with E-state index in [9.17, 15) is 9.59 Å². The highest BCUT2D eigenvalue weighted by atomic mass is 35.5. The molecule has 7 nitrogen and oxygen atoms in total. The Morgan fingerprint density at radius 1 is 0.714 bits per heavy atom. The average molecular weight is 618 g/mol. The number of halogens is 2. The molecule has 0 bridgehead atoms. The van der Waals surface area contributed by atoms with Crippen LogP contribution in [0.25, 0.3) is 0 Å². The first kappa shape index (κ1) is 45.1. The molecule has 3 aromatic carbocycles. The molecule has 0 radical (unpaired) electrons. The van der Waals surface area contributed by atoms with Crippen molar-refractivity contribution in [3.63, 3.8) is 0 Å². The number of ether oxygens (including phenoxy) is 1. The van der Waals surface area contributed by atoms with Gasteiger partial charge in [0, 0.05) is 31.6 Å². The van der Waals surface area contributed by atoms with Crippen molar-refractivity contribution < 1.29 is 14.3 Å². The molecule has 2 N–H and O–H groups in total. The lowest BCUT2D eigenvalue weighted by Gasteiger charge is -2.30. The summed E-state index contributed by atoms with van der Waals surface area (Å²) in [5, 5.41) is 16.2. The van der Waals surface area contributed by atoms with Gasteiger partial charge in [-0.3, -0.25) is 9.59 Å². The molecule has 0 amide bonds. The summed E-state index contributed by atoms with van der Waals surface area (Å²) in [6.45, 7) is 16.1. The number of benzene rings is 3. The molecule has 4 rings (SSSR count). The maximum absolute atomic E-state index is 9.21. The van der Waals surface area contributed by atoms with E-state index >= 15 is 0 Å². The van der Waals surface area contributed by atoms with Gasteiger partial charge in [0.15, 0.2) is 6.73 Å². The number of para-hydroxylation sites is 2. The molecule has 0 atom stereocenters. The number of carbonyl (C=O) groups is 2. The Hall–Kier alpha value is -3.88.